The summed E-state index contributed by atoms with van der Waals surface area (Å²) in [6.07, 6.45) is 3.56. The van der Waals surface area contributed by atoms with Crippen molar-refractivity contribution in [2.75, 3.05) is 0 Å². The molecule has 0 saturated carbocycles. The van der Waals surface area contributed by atoms with Crippen molar-refractivity contribution in [2.24, 2.45) is 5.73 Å². The molecule has 18 heavy (non-hydrogen) atoms. The number of aromatic nitrogens is 1. The summed E-state index contributed by atoms with van der Waals surface area (Å²) in [5.41, 5.74) is 8.43. The highest BCUT2D eigenvalue weighted by molar-refractivity contribution is 9.10. The molecular weight excluding hydrogens is 312 g/mol. The van der Waals surface area contributed by atoms with E-state index in [2.05, 4.69) is 27.8 Å². The first kappa shape index (κ1) is 13.5. The fraction of sp³-hybridized carbons (Fsp3) is 0.214. The second-order valence-corrected chi connectivity index (χ2v) is 5.58. The zero-order chi connectivity index (χ0) is 13.1. The van der Waals surface area contributed by atoms with Gasteiger partial charge >= 0.3 is 0 Å². The van der Waals surface area contributed by atoms with Crippen LogP contribution in [0.4, 0.5) is 0 Å². The monoisotopic (exact) mass is 324 g/mol. The number of nitrogens with zero attached hydrogens (tertiary/aromatic N) is 1. The Balaban J connectivity index is 2.31. The van der Waals surface area contributed by atoms with Crippen molar-refractivity contribution < 1.29 is 0 Å². The van der Waals surface area contributed by atoms with Crippen LogP contribution >= 0.6 is 27.5 Å². The maximum absolute atomic E-state index is 6.31. The second kappa shape index (κ2) is 5.83. The van der Waals surface area contributed by atoms with E-state index >= 15 is 0 Å². The van der Waals surface area contributed by atoms with Crippen molar-refractivity contribution in [3.05, 3.63) is 63.3 Å². The maximum Gasteiger partial charge on any atom is 0.0454 e. The van der Waals surface area contributed by atoms with Crippen molar-refractivity contribution in [3.63, 3.8) is 0 Å². The van der Waals surface area contributed by atoms with Crippen LogP contribution in [0, 0.1) is 0 Å². The Kier molecular flexibility index (Phi) is 4.38. The maximum atomic E-state index is 6.31. The molecule has 94 valence electrons. The Morgan fingerprint density at radius 1 is 1.22 bits per heavy atom. The average molecular weight is 326 g/mol. The van der Waals surface area contributed by atoms with Gasteiger partial charge in [0.1, 0.15) is 0 Å². The van der Waals surface area contributed by atoms with Crippen molar-refractivity contribution in [1.82, 2.24) is 4.98 Å². The first-order valence-corrected chi connectivity index (χ1v) is 6.87. The smallest absolute Gasteiger partial charge is 0.0454 e. The van der Waals surface area contributed by atoms with Gasteiger partial charge in [-0.15, -0.1) is 0 Å². The first-order chi connectivity index (χ1) is 8.59. The highest BCUT2D eigenvalue weighted by Gasteiger charge is 2.19. The highest BCUT2D eigenvalue weighted by atomic mass is 79.9. The Morgan fingerprint density at radius 3 is 2.56 bits per heavy atom. The van der Waals surface area contributed by atoms with Gasteiger partial charge in [0.25, 0.3) is 0 Å². The Labute approximate surface area is 120 Å². The van der Waals surface area contributed by atoms with Gasteiger partial charge in [0, 0.05) is 33.8 Å². The molecule has 0 radical (unpaired) electrons. The average Bonchev–Trinajstić information content (AvgIpc) is 2.41. The molecule has 2 unspecified atom stereocenters. The molecule has 2 N–H and O–H groups in total. The molecule has 0 bridgehead atoms. The lowest BCUT2D eigenvalue weighted by atomic mass is 9.90. The van der Waals surface area contributed by atoms with Crippen molar-refractivity contribution >= 4 is 27.5 Å². The normalized spacial score (nSPS) is 14.2. The van der Waals surface area contributed by atoms with E-state index < -0.39 is 0 Å². The third-order valence-corrected chi connectivity index (χ3v) is 3.93. The zero-order valence-corrected chi connectivity index (χ0v) is 12.3. The molecule has 0 fully saturated rings. The van der Waals surface area contributed by atoms with Crippen LogP contribution in [0.1, 0.15) is 30.0 Å². The summed E-state index contributed by atoms with van der Waals surface area (Å²) >= 11 is 9.66. The number of benzene rings is 1. The Hall–Kier alpha value is -0.900. The van der Waals surface area contributed by atoms with Gasteiger partial charge in [-0.25, -0.2) is 0 Å². The highest BCUT2D eigenvalue weighted by Crippen LogP contribution is 2.33. The molecule has 0 spiro atoms. The molecule has 1 aromatic carbocycles. The number of hydrogen-bond acceptors (Lipinski definition) is 2. The fourth-order valence-electron chi connectivity index (χ4n) is 1.91. The molecular formula is C14H14BrClN2. The SMILES string of the molecule is CC(c1ccncc1)C(N)c1cc(Br)ccc1Cl. The molecule has 4 heteroatoms. The van der Waals surface area contributed by atoms with Crippen LogP contribution in [0.2, 0.25) is 5.02 Å². The molecule has 2 nitrogen and oxygen atoms in total. The number of halogens is 2. The van der Waals surface area contributed by atoms with Crippen LogP contribution in [0.5, 0.6) is 0 Å². The first-order valence-electron chi connectivity index (χ1n) is 5.70. The number of hydrogen-bond donors (Lipinski definition) is 1. The van der Waals surface area contributed by atoms with E-state index in [0.717, 1.165) is 15.6 Å². The van der Waals surface area contributed by atoms with Gasteiger partial charge in [0.2, 0.25) is 0 Å². The molecule has 0 aliphatic carbocycles. The zero-order valence-electron chi connectivity index (χ0n) is 9.98. The lowest BCUT2D eigenvalue weighted by Gasteiger charge is -2.21. The van der Waals surface area contributed by atoms with E-state index in [-0.39, 0.29) is 12.0 Å². The quantitative estimate of drug-likeness (QED) is 0.913. The van der Waals surface area contributed by atoms with E-state index in [1.54, 1.807) is 12.4 Å². The molecule has 2 atom stereocenters. The molecule has 1 aromatic heterocycles. The summed E-state index contributed by atoms with van der Waals surface area (Å²) < 4.78 is 0.985. The minimum atomic E-state index is -0.141. The number of pyridine rings is 1. The number of nitrogens with two attached hydrogens (primary N) is 1. The standard InChI is InChI=1S/C14H14BrClN2/c1-9(10-4-6-18-7-5-10)14(17)12-8-11(15)2-3-13(12)16/h2-9,14H,17H2,1H3. The third kappa shape index (κ3) is 2.91. The van der Waals surface area contributed by atoms with Crippen molar-refractivity contribution in [3.8, 4) is 0 Å². The molecule has 0 aliphatic rings. The van der Waals surface area contributed by atoms with E-state index in [1.807, 2.05) is 30.3 Å². The Bertz CT molecular complexity index is 531. The summed E-state index contributed by atoms with van der Waals surface area (Å²) in [6.45, 7) is 2.09. The van der Waals surface area contributed by atoms with Crippen LogP contribution in [0.15, 0.2) is 47.2 Å². The molecule has 2 rings (SSSR count). The predicted molar refractivity (Wildman–Crippen MR) is 78.7 cm³/mol. The third-order valence-electron chi connectivity index (χ3n) is 3.09. The van der Waals surface area contributed by atoms with Gasteiger partial charge in [-0.2, -0.15) is 0 Å². The van der Waals surface area contributed by atoms with Crippen LogP contribution in [-0.2, 0) is 0 Å². The van der Waals surface area contributed by atoms with Gasteiger partial charge in [0.05, 0.1) is 0 Å². The van der Waals surface area contributed by atoms with E-state index in [4.69, 9.17) is 17.3 Å². The van der Waals surface area contributed by atoms with Crippen LogP contribution in [0.3, 0.4) is 0 Å². The van der Waals surface area contributed by atoms with Gasteiger partial charge < -0.3 is 5.73 Å². The van der Waals surface area contributed by atoms with Crippen LogP contribution in [-0.4, -0.2) is 4.98 Å². The van der Waals surface area contributed by atoms with Crippen molar-refractivity contribution in [2.45, 2.75) is 18.9 Å². The minimum Gasteiger partial charge on any atom is -0.323 e. The summed E-state index contributed by atoms with van der Waals surface area (Å²) in [7, 11) is 0. The van der Waals surface area contributed by atoms with Gasteiger partial charge in [-0.1, -0.05) is 34.5 Å². The van der Waals surface area contributed by atoms with Gasteiger partial charge in [0.15, 0.2) is 0 Å². The Morgan fingerprint density at radius 2 is 1.89 bits per heavy atom. The largest absolute Gasteiger partial charge is 0.323 e. The lowest BCUT2D eigenvalue weighted by Crippen LogP contribution is -2.18. The number of rotatable bonds is 3. The van der Waals surface area contributed by atoms with Gasteiger partial charge in [-0.05, 0) is 41.5 Å². The summed E-state index contributed by atoms with van der Waals surface area (Å²) in [6, 6.07) is 9.57. The fourth-order valence-corrected chi connectivity index (χ4v) is 2.54. The van der Waals surface area contributed by atoms with Crippen LogP contribution < -0.4 is 5.73 Å². The molecule has 0 aliphatic heterocycles. The predicted octanol–water partition coefficient (Wildman–Crippen LogP) is 4.30. The minimum absolute atomic E-state index is 0.141. The second-order valence-electron chi connectivity index (χ2n) is 4.26. The van der Waals surface area contributed by atoms with Crippen LogP contribution in [0.25, 0.3) is 0 Å². The molecule has 1 heterocycles. The molecule has 0 saturated heterocycles. The molecule has 2 aromatic rings. The summed E-state index contributed by atoms with van der Waals surface area (Å²) in [5, 5.41) is 0.701. The topological polar surface area (TPSA) is 38.9 Å². The van der Waals surface area contributed by atoms with E-state index in [1.165, 1.54) is 0 Å². The lowest BCUT2D eigenvalue weighted by molar-refractivity contribution is 0.597. The van der Waals surface area contributed by atoms with Gasteiger partial charge in [-0.3, -0.25) is 4.98 Å². The summed E-state index contributed by atoms with van der Waals surface area (Å²) in [5.74, 6) is 0.180. The van der Waals surface area contributed by atoms with E-state index in [9.17, 15) is 0 Å². The molecule has 0 amide bonds. The van der Waals surface area contributed by atoms with Crippen molar-refractivity contribution in [1.29, 1.82) is 0 Å². The van der Waals surface area contributed by atoms with E-state index in [0.29, 0.717) is 5.02 Å². The summed E-state index contributed by atoms with van der Waals surface area (Å²) in [4.78, 5) is 4.02.